The summed E-state index contributed by atoms with van der Waals surface area (Å²) >= 11 is 0. The SMILES string of the molecule is C=CN(Cc1ccccc1)Cc1ccccc1. The number of nitrogens with zero attached hydrogens (tertiary/aromatic N) is 1. The highest BCUT2D eigenvalue weighted by atomic mass is 15.1. The summed E-state index contributed by atoms with van der Waals surface area (Å²) in [4.78, 5) is 2.21. The van der Waals surface area contributed by atoms with E-state index < -0.39 is 0 Å². The van der Waals surface area contributed by atoms with E-state index in [2.05, 4.69) is 60.0 Å². The van der Waals surface area contributed by atoms with Gasteiger partial charge in [-0.15, -0.1) is 0 Å². The van der Waals surface area contributed by atoms with Crippen molar-refractivity contribution in [3.05, 3.63) is 84.6 Å². The van der Waals surface area contributed by atoms with Crippen LogP contribution >= 0.6 is 0 Å². The van der Waals surface area contributed by atoms with Crippen molar-refractivity contribution in [2.24, 2.45) is 0 Å². The van der Waals surface area contributed by atoms with Crippen molar-refractivity contribution < 1.29 is 0 Å². The van der Waals surface area contributed by atoms with E-state index in [1.165, 1.54) is 11.1 Å². The van der Waals surface area contributed by atoms with E-state index in [1.54, 1.807) is 0 Å². The van der Waals surface area contributed by atoms with Crippen LogP contribution in [0.4, 0.5) is 0 Å². The normalized spacial score (nSPS) is 9.88. The molecule has 0 fully saturated rings. The van der Waals surface area contributed by atoms with E-state index in [0.717, 1.165) is 13.1 Å². The summed E-state index contributed by atoms with van der Waals surface area (Å²) in [6.07, 6.45) is 1.90. The Morgan fingerprint density at radius 2 is 1.18 bits per heavy atom. The second-order valence-corrected chi connectivity index (χ2v) is 4.06. The predicted molar refractivity (Wildman–Crippen MR) is 72.3 cm³/mol. The number of hydrogen-bond donors (Lipinski definition) is 0. The molecule has 0 spiro atoms. The van der Waals surface area contributed by atoms with Gasteiger partial charge in [0, 0.05) is 13.1 Å². The minimum absolute atomic E-state index is 0.902. The molecule has 1 nitrogen and oxygen atoms in total. The summed E-state index contributed by atoms with van der Waals surface area (Å²) in [7, 11) is 0. The van der Waals surface area contributed by atoms with Gasteiger partial charge in [-0.05, 0) is 17.3 Å². The zero-order chi connectivity index (χ0) is 11.9. The van der Waals surface area contributed by atoms with Crippen LogP contribution in [0.2, 0.25) is 0 Å². The van der Waals surface area contributed by atoms with Gasteiger partial charge < -0.3 is 4.90 Å². The number of hydrogen-bond acceptors (Lipinski definition) is 1. The smallest absolute Gasteiger partial charge is 0.0427 e. The summed E-state index contributed by atoms with van der Waals surface area (Å²) in [5.41, 5.74) is 2.62. The molecule has 0 aliphatic carbocycles. The molecule has 0 saturated heterocycles. The summed E-state index contributed by atoms with van der Waals surface area (Å²) in [6.45, 7) is 5.68. The lowest BCUT2D eigenvalue weighted by Gasteiger charge is -2.20. The second-order valence-electron chi connectivity index (χ2n) is 4.06. The van der Waals surface area contributed by atoms with Crippen LogP contribution in [0, 0.1) is 0 Å². The molecule has 17 heavy (non-hydrogen) atoms. The van der Waals surface area contributed by atoms with Gasteiger partial charge in [0.05, 0.1) is 0 Å². The van der Waals surface area contributed by atoms with Gasteiger partial charge in [-0.2, -0.15) is 0 Å². The van der Waals surface area contributed by atoms with Crippen LogP contribution in [0.1, 0.15) is 11.1 Å². The van der Waals surface area contributed by atoms with Crippen molar-refractivity contribution in [1.29, 1.82) is 0 Å². The Hall–Kier alpha value is -2.02. The molecule has 1 heteroatoms. The topological polar surface area (TPSA) is 3.24 Å². The second kappa shape index (κ2) is 5.90. The molecule has 0 aliphatic heterocycles. The molecule has 0 atom stereocenters. The Morgan fingerprint density at radius 3 is 1.53 bits per heavy atom. The first kappa shape index (κ1) is 11.5. The van der Waals surface area contributed by atoms with Crippen LogP contribution in [0.3, 0.4) is 0 Å². The van der Waals surface area contributed by atoms with Crippen LogP contribution in [0.5, 0.6) is 0 Å². The lowest BCUT2D eigenvalue weighted by molar-refractivity contribution is 0.363. The van der Waals surface area contributed by atoms with Gasteiger partial charge in [0.1, 0.15) is 0 Å². The maximum Gasteiger partial charge on any atom is 0.0427 e. The van der Waals surface area contributed by atoms with Crippen molar-refractivity contribution in [2.45, 2.75) is 13.1 Å². The fourth-order valence-electron chi connectivity index (χ4n) is 1.82. The minimum atomic E-state index is 0.902. The summed E-state index contributed by atoms with van der Waals surface area (Å²) in [5.74, 6) is 0. The van der Waals surface area contributed by atoms with Crippen LogP contribution in [0.15, 0.2) is 73.4 Å². The minimum Gasteiger partial charge on any atom is -0.369 e. The number of benzene rings is 2. The molecular formula is C16H17N. The molecule has 86 valence electrons. The molecule has 0 N–H and O–H groups in total. The third kappa shape index (κ3) is 3.49. The molecule has 0 aliphatic rings. The van der Waals surface area contributed by atoms with Crippen molar-refractivity contribution >= 4 is 0 Å². The van der Waals surface area contributed by atoms with Gasteiger partial charge in [-0.1, -0.05) is 67.2 Å². The van der Waals surface area contributed by atoms with Crippen molar-refractivity contribution in [2.75, 3.05) is 0 Å². The highest BCUT2D eigenvalue weighted by Gasteiger charge is 2.01. The Labute approximate surface area is 103 Å². The average Bonchev–Trinajstić information content (AvgIpc) is 2.40. The maximum atomic E-state index is 3.88. The number of rotatable bonds is 5. The molecule has 0 radical (unpaired) electrons. The first-order valence-electron chi connectivity index (χ1n) is 5.83. The third-order valence-electron chi connectivity index (χ3n) is 2.72. The molecular weight excluding hydrogens is 206 g/mol. The van der Waals surface area contributed by atoms with Crippen LogP contribution in [0.25, 0.3) is 0 Å². The summed E-state index contributed by atoms with van der Waals surface area (Å²) in [5, 5.41) is 0. The maximum absolute atomic E-state index is 3.88. The highest BCUT2D eigenvalue weighted by molar-refractivity contribution is 5.17. The van der Waals surface area contributed by atoms with Crippen molar-refractivity contribution in [3.63, 3.8) is 0 Å². The molecule has 2 aromatic rings. The first-order valence-corrected chi connectivity index (χ1v) is 5.83. The summed E-state index contributed by atoms with van der Waals surface area (Å²) in [6, 6.07) is 20.9. The van der Waals surface area contributed by atoms with E-state index in [-0.39, 0.29) is 0 Å². The average molecular weight is 223 g/mol. The van der Waals surface area contributed by atoms with E-state index >= 15 is 0 Å². The van der Waals surface area contributed by atoms with Crippen molar-refractivity contribution in [1.82, 2.24) is 4.90 Å². The molecule has 0 saturated carbocycles. The molecule has 2 rings (SSSR count). The Kier molecular flexibility index (Phi) is 3.98. The Morgan fingerprint density at radius 1 is 0.765 bits per heavy atom. The van der Waals surface area contributed by atoms with E-state index in [1.807, 2.05) is 18.3 Å². The van der Waals surface area contributed by atoms with Crippen LogP contribution in [-0.4, -0.2) is 4.90 Å². The Balaban J connectivity index is 2.01. The standard InChI is InChI=1S/C16H17N/c1-2-17(13-15-9-5-3-6-10-15)14-16-11-7-4-8-12-16/h2-12H,1,13-14H2. The monoisotopic (exact) mass is 223 g/mol. The zero-order valence-corrected chi connectivity index (χ0v) is 9.92. The fraction of sp³-hybridized carbons (Fsp3) is 0.125. The Bertz CT molecular complexity index is 406. The lowest BCUT2D eigenvalue weighted by atomic mass is 10.2. The molecule has 0 bridgehead atoms. The van der Waals surface area contributed by atoms with Gasteiger partial charge in [-0.3, -0.25) is 0 Å². The van der Waals surface area contributed by atoms with Gasteiger partial charge in [0.15, 0.2) is 0 Å². The largest absolute Gasteiger partial charge is 0.369 e. The predicted octanol–water partition coefficient (Wildman–Crippen LogP) is 3.83. The quantitative estimate of drug-likeness (QED) is 0.744. The van der Waals surface area contributed by atoms with Gasteiger partial charge in [-0.25, -0.2) is 0 Å². The van der Waals surface area contributed by atoms with Gasteiger partial charge in [0.25, 0.3) is 0 Å². The van der Waals surface area contributed by atoms with E-state index in [0.29, 0.717) is 0 Å². The van der Waals surface area contributed by atoms with Gasteiger partial charge >= 0.3 is 0 Å². The van der Waals surface area contributed by atoms with E-state index in [4.69, 9.17) is 0 Å². The van der Waals surface area contributed by atoms with E-state index in [9.17, 15) is 0 Å². The molecule has 0 aromatic heterocycles. The first-order chi connectivity index (χ1) is 8.38. The zero-order valence-electron chi connectivity index (χ0n) is 9.92. The molecule has 0 unspecified atom stereocenters. The van der Waals surface area contributed by atoms with Crippen LogP contribution < -0.4 is 0 Å². The fourth-order valence-corrected chi connectivity index (χ4v) is 1.82. The molecule has 0 heterocycles. The van der Waals surface area contributed by atoms with Crippen LogP contribution in [-0.2, 0) is 13.1 Å². The summed E-state index contributed by atoms with van der Waals surface area (Å²) < 4.78 is 0. The van der Waals surface area contributed by atoms with Crippen molar-refractivity contribution in [3.8, 4) is 0 Å². The highest BCUT2D eigenvalue weighted by Crippen LogP contribution is 2.09. The third-order valence-corrected chi connectivity index (χ3v) is 2.72. The molecule has 0 amide bonds. The van der Waals surface area contributed by atoms with Gasteiger partial charge in [0.2, 0.25) is 0 Å². The lowest BCUT2D eigenvalue weighted by Crippen LogP contribution is -2.15. The molecule has 2 aromatic carbocycles.